The maximum Gasteiger partial charge on any atom is 0.268 e. The minimum atomic E-state index is 0.416. The Morgan fingerprint density at radius 3 is 2.71 bits per heavy atom. The SMILES string of the molecule is CCCNc1ncnc(Oc2cc(C)ccc2C)c1OC. The van der Waals surface area contributed by atoms with E-state index < -0.39 is 0 Å². The highest BCUT2D eigenvalue weighted by Gasteiger charge is 2.14. The van der Waals surface area contributed by atoms with Crippen molar-refractivity contribution in [1.29, 1.82) is 0 Å². The second kappa shape index (κ2) is 6.92. The first-order chi connectivity index (χ1) is 10.2. The summed E-state index contributed by atoms with van der Waals surface area (Å²) in [6.45, 7) is 6.93. The predicted molar refractivity (Wildman–Crippen MR) is 83.4 cm³/mol. The molecule has 0 saturated carbocycles. The standard InChI is InChI=1S/C16H21N3O2/c1-5-8-17-15-14(20-4)16(19-10-18-15)21-13-9-11(2)6-7-12(13)3/h6-7,9-10H,5,8H2,1-4H3,(H,17,18,19). The molecule has 0 radical (unpaired) electrons. The molecule has 2 aromatic rings. The number of aryl methyl sites for hydroxylation is 2. The monoisotopic (exact) mass is 287 g/mol. The number of benzene rings is 1. The Kier molecular flexibility index (Phi) is 4.98. The molecule has 0 amide bonds. The summed E-state index contributed by atoms with van der Waals surface area (Å²) in [6, 6.07) is 6.05. The minimum Gasteiger partial charge on any atom is -0.489 e. The Morgan fingerprint density at radius 2 is 2.00 bits per heavy atom. The van der Waals surface area contributed by atoms with Crippen molar-refractivity contribution in [2.24, 2.45) is 0 Å². The average Bonchev–Trinajstić information content (AvgIpc) is 2.49. The summed E-state index contributed by atoms with van der Waals surface area (Å²) in [5.74, 6) is 2.36. The van der Waals surface area contributed by atoms with Crippen molar-refractivity contribution in [2.45, 2.75) is 27.2 Å². The van der Waals surface area contributed by atoms with Gasteiger partial charge < -0.3 is 14.8 Å². The largest absolute Gasteiger partial charge is 0.489 e. The summed E-state index contributed by atoms with van der Waals surface area (Å²) in [5.41, 5.74) is 2.18. The van der Waals surface area contributed by atoms with Crippen molar-refractivity contribution in [3.8, 4) is 17.4 Å². The Hall–Kier alpha value is -2.30. The first-order valence-electron chi connectivity index (χ1n) is 7.03. The number of rotatable bonds is 6. The van der Waals surface area contributed by atoms with E-state index in [0.29, 0.717) is 17.4 Å². The lowest BCUT2D eigenvalue weighted by molar-refractivity contribution is 0.368. The van der Waals surface area contributed by atoms with Gasteiger partial charge in [0.1, 0.15) is 12.1 Å². The summed E-state index contributed by atoms with van der Waals surface area (Å²) in [5, 5.41) is 3.21. The van der Waals surface area contributed by atoms with E-state index in [9.17, 15) is 0 Å². The number of methoxy groups -OCH3 is 1. The van der Waals surface area contributed by atoms with Crippen molar-refractivity contribution in [2.75, 3.05) is 19.0 Å². The van der Waals surface area contributed by atoms with Gasteiger partial charge in [0.25, 0.3) is 5.88 Å². The molecule has 0 spiro atoms. The Labute approximate surface area is 125 Å². The van der Waals surface area contributed by atoms with Crippen LogP contribution in [-0.4, -0.2) is 23.6 Å². The highest BCUT2D eigenvalue weighted by atomic mass is 16.5. The third-order valence-corrected chi connectivity index (χ3v) is 3.07. The second-order valence-electron chi connectivity index (χ2n) is 4.86. The fraction of sp³-hybridized carbons (Fsp3) is 0.375. The molecule has 0 aliphatic rings. The van der Waals surface area contributed by atoms with Crippen LogP contribution in [0.5, 0.6) is 17.4 Å². The number of aromatic nitrogens is 2. The van der Waals surface area contributed by atoms with Gasteiger partial charge in [-0.1, -0.05) is 19.1 Å². The van der Waals surface area contributed by atoms with Crippen LogP contribution in [0, 0.1) is 13.8 Å². The van der Waals surface area contributed by atoms with Crippen LogP contribution in [0.2, 0.25) is 0 Å². The van der Waals surface area contributed by atoms with E-state index in [-0.39, 0.29) is 0 Å². The van der Waals surface area contributed by atoms with Crippen molar-refractivity contribution < 1.29 is 9.47 Å². The van der Waals surface area contributed by atoms with E-state index >= 15 is 0 Å². The summed E-state index contributed by atoms with van der Waals surface area (Å²) in [7, 11) is 1.59. The average molecular weight is 287 g/mol. The molecule has 1 N–H and O–H groups in total. The molecule has 0 unspecified atom stereocenters. The zero-order chi connectivity index (χ0) is 15.2. The first kappa shape index (κ1) is 15.1. The van der Waals surface area contributed by atoms with Crippen LogP contribution in [-0.2, 0) is 0 Å². The lowest BCUT2D eigenvalue weighted by Crippen LogP contribution is -2.06. The molecular weight excluding hydrogens is 266 g/mol. The van der Waals surface area contributed by atoms with Gasteiger partial charge in [-0.2, -0.15) is 4.98 Å². The third kappa shape index (κ3) is 3.62. The molecule has 1 aromatic heterocycles. The zero-order valence-corrected chi connectivity index (χ0v) is 12.9. The minimum absolute atomic E-state index is 0.416. The van der Waals surface area contributed by atoms with Crippen LogP contribution in [0.25, 0.3) is 0 Å². The molecule has 0 atom stereocenters. The number of hydrogen-bond donors (Lipinski definition) is 1. The number of nitrogens with one attached hydrogen (secondary N) is 1. The van der Waals surface area contributed by atoms with Crippen LogP contribution in [0.4, 0.5) is 5.82 Å². The molecule has 21 heavy (non-hydrogen) atoms. The molecule has 5 nitrogen and oxygen atoms in total. The van der Waals surface area contributed by atoms with Crippen LogP contribution in [0.15, 0.2) is 24.5 Å². The Balaban J connectivity index is 2.33. The maximum atomic E-state index is 5.92. The summed E-state index contributed by atoms with van der Waals surface area (Å²) < 4.78 is 11.3. The molecule has 5 heteroatoms. The van der Waals surface area contributed by atoms with E-state index in [0.717, 1.165) is 29.8 Å². The van der Waals surface area contributed by atoms with Gasteiger partial charge in [0.2, 0.25) is 5.75 Å². The molecule has 0 fully saturated rings. The second-order valence-corrected chi connectivity index (χ2v) is 4.86. The van der Waals surface area contributed by atoms with Crippen LogP contribution in [0.3, 0.4) is 0 Å². The number of anilines is 1. The summed E-state index contributed by atoms with van der Waals surface area (Å²) in [6.07, 6.45) is 2.47. The van der Waals surface area contributed by atoms with Crippen molar-refractivity contribution in [3.63, 3.8) is 0 Å². The van der Waals surface area contributed by atoms with E-state index in [2.05, 4.69) is 22.2 Å². The summed E-state index contributed by atoms with van der Waals surface area (Å²) in [4.78, 5) is 8.39. The van der Waals surface area contributed by atoms with Crippen molar-refractivity contribution in [3.05, 3.63) is 35.7 Å². The molecule has 0 aliphatic heterocycles. The highest BCUT2D eigenvalue weighted by Crippen LogP contribution is 2.35. The molecule has 112 valence electrons. The summed E-state index contributed by atoms with van der Waals surface area (Å²) >= 11 is 0. The lowest BCUT2D eigenvalue weighted by Gasteiger charge is -2.14. The van der Waals surface area contributed by atoms with Crippen molar-refractivity contribution >= 4 is 5.82 Å². The topological polar surface area (TPSA) is 56.3 Å². The molecule has 1 heterocycles. The lowest BCUT2D eigenvalue weighted by atomic mass is 10.1. The number of ether oxygens (including phenoxy) is 2. The molecule has 0 bridgehead atoms. The third-order valence-electron chi connectivity index (χ3n) is 3.07. The molecule has 1 aromatic carbocycles. The molecule has 0 aliphatic carbocycles. The van der Waals surface area contributed by atoms with Crippen LogP contribution < -0.4 is 14.8 Å². The number of nitrogens with zero attached hydrogens (tertiary/aromatic N) is 2. The van der Waals surface area contributed by atoms with Crippen LogP contribution >= 0.6 is 0 Å². The first-order valence-corrected chi connectivity index (χ1v) is 7.03. The normalized spacial score (nSPS) is 10.3. The fourth-order valence-corrected chi connectivity index (χ4v) is 1.91. The van der Waals surface area contributed by atoms with Gasteiger partial charge >= 0.3 is 0 Å². The molecular formula is C16H21N3O2. The van der Waals surface area contributed by atoms with Gasteiger partial charge in [-0.3, -0.25) is 0 Å². The van der Waals surface area contributed by atoms with Crippen molar-refractivity contribution in [1.82, 2.24) is 9.97 Å². The maximum absolute atomic E-state index is 5.92. The highest BCUT2D eigenvalue weighted by molar-refractivity contribution is 5.56. The number of hydrogen-bond acceptors (Lipinski definition) is 5. The predicted octanol–water partition coefficient (Wildman–Crippen LogP) is 3.72. The van der Waals surface area contributed by atoms with E-state index in [1.54, 1.807) is 7.11 Å². The molecule has 2 rings (SSSR count). The zero-order valence-electron chi connectivity index (χ0n) is 12.9. The van der Waals surface area contributed by atoms with Gasteiger partial charge in [0.15, 0.2) is 5.82 Å². The Morgan fingerprint density at radius 1 is 1.19 bits per heavy atom. The van der Waals surface area contributed by atoms with Gasteiger partial charge in [0, 0.05) is 6.54 Å². The van der Waals surface area contributed by atoms with E-state index in [1.807, 2.05) is 32.0 Å². The van der Waals surface area contributed by atoms with Gasteiger partial charge in [0.05, 0.1) is 7.11 Å². The Bertz CT molecular complexity index is 614. The van der Waals surface area contributed by atoms with Gasteiger partial charge in [-0.25, -0.2) is 4.98 Å². The molecule has 0 saturated heterocycles. The van der Waals surface area contributed by atoms with Gasteiger partial charge in [-0.05, 0) is 37.5 Å². The smallest absolute Gasteiger partial charge is 0.268 e. The van der Waals surface area contributed by atoms with E-state index in [1.165, 1.54) is 6.33 Å². The quantitative estimate of drug-likeness (QED) is 0.877. The van der Waals surface area contributed by atoms with Gasteiger partial charge in [-0.15, -0.1) is 0 Å². The van der Waals surface area contributed by atoms with Crippen LogP contribution in [0.1, 0.15) is 24.5 Å². The van der Waals surface area contributed by atoms with E-state index in [4.69, 9.17) is 9.47 Å². The fourth-order valence-electron chi connectivity index (χ4n) is 1.91.